The lowest BCUT2D eigenvalue weighted by molar-refractivity contribution is -0.129. The Bertz CT molecular complexity index is 1250. The molecule has 160 valence electrons. The Kier molecular flexibility index (Phi) is 4.94. The van der Waals surface area contributed by atoms with Crippen LogP contribution < -0.4 is 5.32 Å². The van der Waals surface area contributed by atoms with Crippen LogP contribution in [0.4, 0.5) is 14.6 Å². The first kappa shape index (κ1) is 20.0. The smallest absolute Gasteiger partial charge is 0.272 e. The number of aromatic nitrogens is 5. The minimum atomic E-state index is -2.58. The molecule has 7 nitrogen and oxygen atoms in total. The van der Waals surface area contributed by atoms with E-state index in [-0.39, 0.29) is 19.1 Å². The summed E-state index contributed by atoms with van der Waals surface area (Å²) < 4.78 is 26.4. The van der Waals surface area contributed by atoms with Gasteiger partial charge in [-0.3, -0.25) is 9.88 Å². The molecular formula is C21H20ClF2N7. The van der Waals surface area contributed by atoms with Gasteiger partial charge in [0.1, 0.15) is 11.8 Å². The number of anilines is 1. The summed E-state index contributed by atoms with van der Waals surface area (Å²) in [5.74, 6) is -1.97. The van der Waals surface area contributed by atoms with Gasteiger partial charge >= 0.3 is 0 Å². The summed E-state index contributed by atoms with van der Waals surface area (Å²) in [6, 6.07) is 7.51. The number of fused-ring (bicyclic) bond motifs is 2. The van der Waals surface area contributed by atoms with Crippen LogP contribution >= 0.6 is 11.6 Å². The van der Waals surface area contributed by atoms with Crippen LogP contribution in [0.2, 0.25) is 5.02 Å². The molecule has 3 aromatic heterocycles. The van der Waals surface area contributed by atoms with Crippen molar-refractivity contribution < 1.29 is 8.78 Å². The summed E-state index contributed by atoms with van der Waals surface area (Å²) in [5.41, 5.74) is 2.91. The average molecular weight is 444 g/mol. The summed E-state index contributed by atoms with van der Waals surface area (Å²) in [6.07, 6.45) is 3.58. The van der Waals surface area contributed by atoms with Crippen LogP contribution in [-0.4, -0.2) is 55.4 Å². The van der Waals surface area contributed by atoms with Gasteiger partial charge in [-0.2, -0.15) is 0 Å². The van der Waals surface area contributed by atoms with Gasteiger partial charge in [-0.1, -0.05) is 23.7 Å². The third-order valence-electron chi connectivity index (χ3n) is 5.49. The molecule has 1 aliphatic heterocycles. The molecule has 1 saturated heterocycles. The van der Waals surface area contributed by atoms with Crippen LogP contribution in [0.5, 0.6) is 0 Å². The summed E-state index contributed by atoms with van der Waals surface area (Å²) in [7, 11) is 0. The van der Waals surface area contributed by atoms with Gasteiger partial charge in [0.05, 0.1) is 41.9 Å². The molecule has 0 saturated carbocycles. The highest BCUT2D eigenvalue weighted by Gasteiger charge is 2.43. The van der Waals surface area contributed by atoms with Crippen molar-refractivity contribution in [1.29, 1.82) is 0 Å². The Morgan fingerprint density at radius 2 is 2.10 bits per heavy atom. The molecule has 4 aromatic rings. The molecule has 31 heavy (non-hydrogen) atoms. The van der Waals surface area contributed by atoms with Crippen LogP contribution in [-0.2, 0) is 6.42 Å². The first-order valence-corrected chi connectivity index (χ1v) is 10.4. The molecule has 0 amide bonds. The molecule has 1 aliphatic rings. The van der Waals surface area contributed by atoms with E-state index < -0.39 is 5.92 Å². The number of pyridine rings is 1. The number of likely N-dealkylation sites (tertiary alicyclic amines) is 1. The van der Waals surface area contributed by atoms with Crippen LogP contribution in [0.25, 0.3) is 21.9 Å². The van der Waals surface area contributed by atoms with E-state index in [9.17, 15) is 8.78 Å². The first-order chi connectivity index (χ1) is 14.9. The molecular weight excluding hydrogens is 424 g/mol. The fraction of sp³-hybridized carbons (Fsp3) is 0.333. The normalized spacial score (nSPS) is 17.0. The zero-order chi connectivity index (χ0) is 21.6. The average Bonchev–Trinajstić information content (AvgIpc) is 3.20. The lowest BCUT2D eigenvalue weighted by Crippen LogP contribution is -2.56. The second-order valence-electron chi connectivity index (χ2n) is 7.84. The van der Waals surface area contributed by atoms with Gasteiger partial charge in [-0.15, -0.1) is 0 Å². The second kappa shape index (κ2) is 7.65. The fourth-order valence-electron chi connectivity index (χ4n) is 3.95. The van der Waals surface area contributed by atoms with Crippen molar-refractivity contribution in [3.05, 3.63) is 53.3 Å². The number of benzene rings is 1. The standard InChI is InChI=1S/C21H20ClF2N7/c1-12(29-20-18-19(26-10-25-18)27-11-28-20)16-7-13-3-2-4-14(22)17(13)15(30-16)5-6-31-8-21(23,24)9-31/h2-4,7,10-12H,5-6,8-9H2,1H3,(H2,25,26,27,28,29)/t12-/m0/s1. The van der Waals surface area contributed by atoms with Crippen LogP contribution in [0.15, 0.2) is 36.9 Å². The molecule has 1 atom stereocenters. The van der Waals surface area contributed by atoms with E-state index in [1.54, 1.807) is 11.2 Å². The van der Waals surface area contributed by atoms with Crippen molar-refractivity contribution in [1.82, 2.24) is 29.8 Å². The minimum absolute atomic E-state index is 0.176. The van der Waals surface area contributed by atoms with E-state index in [1.165, 1.54) is 6.33 Å². The number of rotatable bonds is 6. The zero-order valence-corrected chi connectivity index (χ0v) is 17.5. The van der Waals surface area contributed by atoms with Crippen molar-refractivity contribution in [2.45, 2.75) is 25.3 Å². The third-order valence-corrected chi connectivity index (χ3v) is 5.81. The highest BCUT2D eigenvalue weighted by molar-refractivity contribution is 6.35. The van der Waals surface area contributed by atoms with E-state index in [1.807, 2.05) is 31.2 Å². The van der Waals surface area contributed by atoms with Crippen molar-refractivity contribution in [3.63, 3.8) is 0 Å². The molecule has 4 heterocycles. The number of aromatic amines is 1. The quantitative estimate of drug-likeness (QED) is 0.464. The van der Waals surface area contributed by atoms with Gasteiger partial charge < -0.3 is 10.3 Å². The summed E-state index contributed by atoms with van der Waals surface area (Å²) in [5, 5.41) is 5.79. The van der Waals surface area contributed by atoms with E-state index >= 15 is 0 Å². The van der Waals surface area contributed by atoms with Crippen LogP contribution in [0.3, 0.4) is 0 Å². The summed E-state index contributed by atoms with van der Waals surface area (Å²) >= 11 is 6.47. The van der Waals surface area contributed by atoms with Gasteiger partial charge in [-0.25, -0.2) is 23.7 Å². The van der Waals surface area contributed by atoms with Gasteiger partial charge in [-0.05, 0) is 24.4 Å². The molecule has 5 rings (SSSR count). The number of halogens is 3. The Balaban J connectivity index is 1.45. The molecule has 1 fully saturated rings. The number of nitrogens with zero attached hydrogens (tertiary/aromatic N) is 5. The third kappa shape index (κ3) is 3.90. The maximum atomic E-state index is 13.2. The van der Waals surface area contributed by atoms with Gasteiger partial charge in [0, 0.05) is 18.4 Å². The maximum absolute atomic E-state index is 13.2. The van der Waals surface area contributed by atoms with Gasteiger partial charge in [0.15, 0.2) is 11.5 Å². The molecule has 10 heteroatoms. The number of H-pyrrole nitrogens is 1. The molecule has 0 radical (unpaired) electrons. The number of alkyl halides is 2. The highest BCUT2D eigenvalue weighted by Crippen LogP contribution is 2.31. The lowest BCUT2D eigenvalue weighted by Gasteiger charge is -2.38. The Morgan fingerprint density at radius 3 is 2.90 bits per heavy atom. The monoisotopic (exact) mass is 443 g/mol. The predicted octanol–water partition coefficient (Wildman–Crippen LogP) is 4.22. The molecule has 0 aliphatic carbocycles. The summed E-state index contributed by atoms with van der Waals surface area (Å²) in [6.45, 7) is 2.08. The van der Waals surface area contributed by atoms with Crippen molar-refractivity contribution in [3.8, 4) is 0 Å². The van der Waals surface area contributed by atoms with E-state index in [0.717, 1.165) is 22.2 Å². The number of nitrogens with one attached hydrogen (secondary N) is 2. The van der Waals surface area contributed by atoms with Crippen molar-refractivity contribution in [2.24, 2.45) is 0 Å². The number of imidazole rings is 1. The Labute approximate surface area is 181 Å². The molecule has 0 spiro atoms. The van der Waals surface area contributed by atoms with E-state index in [0.29, 0.717) is 35.0 Å². The van der Waals surface area contributed by atoms with Crippen LogP contribution in [0, 0.1) is 0 Å². The fourth-order valence-corrected chi connectivity index (χ4v) is 4.24. The number of hydrogen-bond acceptors (Lipinski definition) is 6. The second-order valence-corrected chi connectivity index (χ2v) is 8.24. The molecule has 0 bridgehead atoms. The Morgan fingerprint density at radius 1 is 1.26 bits per heavy atom. The predicted molar refractivity (Wildman–Crippen MR) is 116 cm³/mol. The lowest BCUT2D eigenvalue weighted by atomic mass is 10.0. The summed E-state index contributed by atoms with van der Waals surface area (Å²) in [4.78, 5) is 22.3. The van der Waals surface area contributed by atoms with Gasteiger partial charge in [0.25, 0.3) is 5.92 Å². The van der Waals surface area contributed by atoms with Crippen molar-refractivity contribution >= 4 is 39.4 Å². The Hall–Kier alpha value is -2.91. The minimum Gasteiger partial charge on any atom is -0.360 e. The van der Waals surface area contributed by atoms with Gasteiger partial charge in [0.2, 0.25) is 0 Å². The van der Waals surface area contributed by atoms with Crippen LogP contribution in [0.1, 0.15) is 24.4 Å². The van der Waals surface area contributed by atoms with E-state index in [4.69, 9.17) is 16.6 Å². The number of hydrogen-bond donors (Lipinski definition) is 2. The topological polar surface area (TPSA) is 82.6 Å². The highest BCUT2D eigenvalue weighted by atomic mass is 35.5. The van der Waals surface area contributed by atoms with Crippen molar-refractivity contribution in [2.75, 3.05) is 25.0 Å². The first-order valence-electron chi connectivity index (χ1n) is 9.98. The molecule has 1 aromatic carbocycles. The largest absolute Gasteiger partial charge is 0.360 e. The maximum Gasteiger partial charge on any atom is 0.272 e. The van der Waals surface area contributed by atoms with E-state index in [2.05, 4.69) is 25.3 Å². The zero-order valence-electron chi connectivity index (χ0n) is 16.7. The molecule has 2 N–H and O–H groups in total. The SMILES string of the molecule is C[C@H](Nc1ncnc2[nH]cnc12)c1cc2cccc(Cl)c2c(CCN2CC(F)(F)C2)n1. The molecule has 0 unspecified atom stereocenters.